The molecule has 0 unspecified atom stereocenters. The fourth-order valence-electron chi connectivity index (χ4n) is 2.55. The molecule has 1 aromatic rings. The second-order valence-electron chi connectivity index (χ2n) is 6.92. The van der Waals surface area contributed by atoms with E-state index in [-0.39, 0.29) is 41.6 Å². The number of carbonyl (C=O) groups excluding carboxylic acids is 3. The van der Waals surface area contributed by atoms with Crippen LogP contribution < -0.4 is 4.90 Å². The first-order chi connectivity index (χ1) is 13.1. The van der Waals surface area contributed by atoms with Gasteiger partial charge in [-0.3, -0.25) is 0 Å². The minimum Gasteiger partial charge on any atom is -0.506 e. The van der Waals surface area contributed by atoms with Crippen LogP contribution in [0.15, 0.2) is 29.5 Å². The van der Waals surface area contributed by atoms with Crippen LogP contribution in [0.3, 0.4) is 0 Å². The van der Waals surface area contributed by atoms with Crippen molar-refractivity contribution in [2.75, 3.05) is 32.5 Å². The van der Waals surface area contributed by atoms with E-state index in [1.807, 2.05) is 0 Å². The number of hydrogen-bond acceptors (Lipinski definition) is 9. The lowest BCUT2D eigenvalue weighted by Crippen LogP contribution is -2.38. The molecule has 0 bridgehead atoms. The van der Waals surface area contributed by atoms with Crippen molar-refractivity contribution in [1.82, 2.24) is 0 Å². The van der Waals surface area contributed by atoms with Crippen molar-refractivity contribution in [3.05, 3.63) is 35.0 Å². The van der Waals surface area contributed by atoms with Crippen LogP contribution >= 0.6 is 0 Å². The average molecular weight is 393 g/mol. The van der Waals surface area contributed by atoms with Crippen molar-refractivity contribution >= 4 is 23.6 Å². The van der Waals surface area contributed by atoms with Gasteiger partial charge in [0.15, 0.2) is 0 Å². The molecule has 28 heavy (non-hydrogen) atoms. The van der Waals surface area contributed by atoms with Crippen LogP contribution in [0.25, 0.3) is 0 Å². The first kappa shape index (κ1) is 21.2. The van der Waals surface area contributed by atoms with E-state index in [4.69, 9.17) is 18.9 Å². The summed E-state index contributed by atoms with van der Waals surface area (Å²) in [7, 11) is 2.35. The molecule has 0 spiro atoms. The second kappa shape index (κ2) is 8.30. The van der Waals surface area contributed by atoms with Crippen LogP contribution in [0, 0.1) is 0 Å². The van der Waals surface area contributed by atoms with Gasteiger partial charge in [-0.2, -0.15) is 0 Å². The molecule has 0 aromatic heterocycles. The van der Waals surface area contributed by atoms with E-state index in [1.165, 1.54) is 37.3 Å². The Labute approximate surface area is 162 Å². The zero-order valence-electron chi connectivity index (χ0n) is 16.4. The standard InChI is InChI=1S/C19H23NO8/c1-19(2,3)28-16(22)11-6-7-13(14(21)8-11)20-10-27-9-12(17(23)25-4)15(20)18(24)26-5/h6-8,21H,9-10H2,1-5H3. The lowest BCUT2D eigenvalue weighted by atomic mass is 10.1. The number of rotatable bonds is 4. The molecule has 0 saturated heterocycles. The van der Waals surface area contributed by atoms with Gasteiger partial charge < -0.3 is 29.0 Å². The fraction of sp³-hybridized carbons (Fsp3) is 0.421. The van der Waals surface area contributed by atoms with Crippen LogP contribution in [-0.4, -0.2) is 56.2 Å². The van der Waals surface area contributed by atoms with Gasteiger partial charge in [0.1, 0.15) is 23.8 Å². The molecule has 0 aliphatic carbocycles. The van der Waals surface area contributed by atoms with Crippen LogP contribution in [0.5, 0.6) is 5.75 Å². The van der Waals surface area contributed by atoms with Crippen molar-refractivity contribution in [1.29, 1.82) is 0 Å². The van der Waals surface area contributed by atoms with E-state index in [0.717, 1.165) is 0 Å². The lowest BCUT2D eigenvalue weighted by molar-refractivity contribution is -0.140. The van der Waals surface area contributed by atoms with Crippen LogP contribution in [-0.2, 0) is 28.5 Å². The zero-order chi connectivity index (χ0) is 21.1. The molecule has 2 rings (SSSR count). The molecule has 1 aliphatic heterocycles. The van der Waals surface area contributed by atoms with Gasteiger partial charge in [-0.25, -0.2) is 14.4 Å². The molecule has 0 saturated carbocycles. The zero-order valence-corrected chi connectivity index (χ0v) is 16.4. The topological polar surface area (TPSA) is 112 Å². The Morgan fingerprint density at radius 3 is 2.25 bits per heavy atom. The number of phenols is 1. The number of nitrogens with zero attached hydrogens (tertiary/aromatic N) is 1. The Morgan fingerprint density at radius 2 is 1.71 bits per heavy atom. The van der Waals surface area contributed by atoms with Crippen LogP contribution in [0.1, 0.15) is 31.1 Å². The maximum atomic E-state index is 12.3. The highest BCUT2D eigenvalue weighted by Gasteiger charge is 2.33. The van der Waals surface area contributed by atoms with Crippen molar-refractivity contribution in [3.8, 4) is 5.75 Å². The molecule has 1 N–H and O–H groups in total. The molecule has 9 heteroatoms. The van der Waals surface area contributed by atoms with Gasteiger partial charge in [-0.1, -0.05) is 0 Å². The van der Waals surface area contributed by atoms with E-state index < -0.39 is 23.5 Å². The molecule has 0 amide bonds. The van der Waals surface area contributed by atoms with Gasteiger partial charge in [0.05, 0.1) is 37.7 Å². The van der Waals surface area contributed by atoms with Gasteiger partial charge >= 0.3 is 17.9 Å². The number of aromatic hydroxyl groups is 1. The van der Waals surface area contributed by atoms with Crippen molar-refractivity contribution < 1.29 is 38.4 Å². The number of hydrogen-bond donors (Lipinski definition) is 1. The molecule has 152 valence electrons. The highest BCUT2D eigenvalue weighted by atomic mass is 16.6. The number of benzene rings is 1. The Kier molecular flexibility index (Phi) is 6.30. The van der Waals surface area contributed by atoms with Crippen molar-refractivity contribution in [2.24, 2.45) is 0 Å². The summed E-state index contributed by atoms with van der Waals surface area (Å²) in [5.74, 6) is -2.46. The van der Waals surface area contributed by atoms with Gasteiger partial charge in [0, 0.05) is 0 Å². The third kappa shape index (κ3) is 4.61. The predicted molar refractivity (Wildman–Crippen MR) is 97.6 cm³/mol. The molecule has 1 aromatic carbocycles. The maximum Gasteiger partial charge on any atom is 0.355 e. The number of methoxy groups -OCH3 is 2. The monoisotopic (exact) mass is 393 g/mol. The Bertz CT molecular complexity index is 822. The number of carbonyl (C=O) groups is 3. The molecule has 0 fully saturated rings. The summed E-state index contributed by atoms with van der Waals surface area (Å²) in [6, 6.07) is 4.07. The van der Waals surface area contributed by atoms with Gasteiger partial charge in [-0.15, -0.1) is 0 Å². The summed E-state index contributed by atoms with van der Waals surface area (Å²) in [5, 5.41) is 10.4. The Hall–Kier alpha value is -3.07. The molecular formula is C19H23NO8. The summed E-state index contributed by atoms with van der Waals surface area (Å²) in [6.45, 7) is 4.92. The van der Waals surface area contributed by atoms with Gasteiger partial charge in [0.2, 0.25) is 0 Å². The highest BCUT2D eigenvalue weighted by Crippen LogP contribution is 2.34. The van der Waals surface area contributed by atoms with Gasteiger partial charge in [0.25, 0.3) is 0 Å². The minimum absolute atomic E-state index is 0.0452. The van der Waals surface area contributed by atoms with Crippen LogP contribution in [0.4, 0.5) is 5.69 Å². The third-order valence-electron chi connectivity index (χ3n) is 3.73. The summed E-state index contributed by atoms with van der Waals surface area (Å²) < 4.78 is 20.1. The number of ether oxygens (including phenoxy) is 4. The lowest BCUT2D eigenvalue weighted by Gasteiger charge is -2.31. The van der Waals surface area contributed by atoms with E-state index in [0.29, 0.717) is 0 Å². The summed E-state index contributed by atoms with van der Waals surface area (Å²) >= 11 is 0. The smallest absolute Gasteiger partial charge is 0.355 e. The third-order valence-corrected chi connectivity index (χ3v) is 3.73. The fourth-order valence-corrected chi connectivity index (χ4v) is 2.55. The van der Waals surface area contributed by atoms with E-state index in [1.54, 1.807) is 20.8 Å². The predicted octanol–water partition coefficient (Wildman–Crippen LogP) is 1.74. The molecular weight excluding hydrogens is 370 g/mol. The average Bonchev–Trinajstić information content (AvgIpc) is 2.64. The Balaban J connectivity index is 2.46. The molecule has 1 heterocycles. The Morgan fingerprint density at radius 1 is 1.07 bits per heavy atom. The quantitative estimate of drug-likeness (QED) is 0.604. The van der Waals surface area contributed by atoms with Crippen LogP contribution in [0.2, 0.25) is 0 Å². The van der Waals surface area contributed by atoms with Crippen molar-refractivity contribution in [2.45, 2.75) is 26.4 Å². The first-order valence-corrected chi connectivity index (χ1v) is 8.40. The molecule has 0 radical (unpaired) electrons. The van der Waals surface area contributed by atoms with E-state index >= 15 is 0 Å². The minimum atomic E-state index is -0.792. The van der Waals surface area contributed by atoms with Crippen molar-refractivity contribution in [3.63, 3.8) is 0 Å². The number of anilines is 1. The largest absolute Gasteiger partial charge is 0.506 e. The summed E-state index contributed by atoms with van der Waals surface area (Å²) in [4.78, 5) is 37.8. The second-order valence-corrected chi connectivity index (χ2v) is 6.92. The summed E-state index contributed by atoms with van der Waals surface area (Å²) in [6.07, 6.45) is 0. The molecule has 9 nitrogen and oxygen atoms in total. The van der Waals surface area contributed by atoms with E-state index in [9.17, 15) is 19.5 Å². The summed E-state index contributed by atoms with van der Waals surface area (Å²) in [5.41, 5.74) is -0.570. The highest BCUT2D eigenvalue weighted by molar-refractivity contribution is 6.03. The van der Waals surface area contributed by atoms with E-state index in [2.05, 4.69) is 0 Å². The SMILES string of the molecule is COC(=O)C1=C(C(=O)OC)N(c2ccc(C(=O)OC(C)(C)C)cc2O)COC1. The molecule has 0 atom stereocenters. The maximum absolute atomic E-state index is 12.3. The first-order valence-electron chi connectivity index (χ1n) is 8.40. The van der Waals surface area contributed by atoms with Gasteiger partial charge in [-0.05, 0) is 39.0 Å². The normalized spacial score (nSPS) is 14.5. The molecule has 1 aliphatic rings. The number of esters is 3. The number of phenolic OH excluding ortho intramolecular Hbond substituents is 1.